The Balaban J connectivity index is 1.51. The minimum Gasteiger partial charge on any atom is -0.326 e. The number of carbonyl (C=O) groups excluding carboxylic acids is 1. The maximum atomic E-state index is 12.5. The summed E-state index contributed by atoms with van der Waals surface area (Å²) in [5.41, 5.74) is 6.28. The van der Waals surface area contributed by atoms with Crippen molar-refractivity contribution in [3.05, 3.63) is 76.9 Å². The lowest BCUT2D eigenvalue weighted by Gasteiger charge is -2.05. The number of fused-ring (bicyclic) bond motifs is 1. The summed E-state index contributed by atoms with van der Waals surface area (Å²) in [5, 5.41) is 4.97. The zero-order valence-electron chi connectivity index (χ0n) is 15.4. The summed E-state index contributed by atoms with van der Waals surface area (Å²) in [4.78, 5) is 18.0. The van der Waals surface area contributed by atoms with Gasteiger partial charge in [-0.1, -0.05) is 48.9 Å². The maximum absolute atomic E-state index is 12.5. The minimum atomic E-state index is -0.0236. The van der Waals surface area contributed by atoms with Gasteiger partial charge in [0, 0.05) is 28.5 Å². The average molecular weight is 375 g/mol. The second-order valence-corrected chi connectivity index (χ2v) is 7.48. The van der Waals surface area contributed by atoms with E-state index in [-0.39, 0.29) is 5.91 Å². The number of thiazole rings is 1. The van der Waals surface area contributed by atoms with Crippen LogP contribution in [0.2, 0.25) is 0 Å². The molecule has 136 valence electrons. The Kier molecular flexibility index (Phi) is 4.77. The van der Waals surface area contributed by atoms with Gasteiger partial charge < -0.3 is 5.32 Å². The highest BCUT2D eigenvalue weighted by molar-refractivity contribution is 7.15. The van der Waals surface area contributed by atoms with Crippen LogP contribution in [0.25, 0.3) is 16.2 Å². The number of anilines is 1. The van der Waals surface area contributed by atoms with Crippen molar-refractivity contribution in [2.75, 3.05) is 5.32 Å². The Morgan fingerprint density at radius 1 is 1.11 bits per heavy atom. The van der Waals surface area contributed by atoms with Crippen molar-refractivity contribution in [1.82, 2.24) is 9.38 Å². The van der Waals surface area contributed by atoms with Crippen molar-refractivity contribution in [2.45, 2.75) is 26.7 Å². The van der Waals surface area contributed by atoms with E-state index in [4.69, 9.17) is 4.98 Å². The van der Waals surface area contributed by atoms with Crippen LogP contribution < -0.4 is 5.32 Å². The second-order valence-electron chi connectivity index (χ2n) is 6.65. The van der Waals surface area contributed by atoms with Crippen molar-refractivity contribution >= 4 is 27.9 Å². The maximum Gasteiger partial charge on any atom is 0.230 e. The van der Waals surface area contributed by atoms with Crippen molar-refractivity contribution < 1.29 is 4.79 Å². The van der Waals surface area contributed by atoms with E-state index in [2.05, 4.69) is 43.4 Å². The third kappa shape index (κ3) is 3.78. The number of nitrogens with one attached hydrogen (secondary N) is 1. The molecule has 5 heteroatoms. The van der Waals surface area contributed by atoms with Gasteiger partial charge in [0.1, 0.15) is 0 Å². The molecule has 4 nitrogen and oxygen atoms in total. The number of imidazole rings is 1. The molecule has 27 heavy (non-hydrogen) atoms. The zero-order valence-corrected chi connectivity index (χ0v) is 16.2. The van der Waals surface area contributed by atoms with Crippen LogP contribution >= 0.6 is 11.3 Å². The summed E-state index contributed by atoms with van der Waals surface area (Å²) in [5.74, 6) is -0.0236. The van der Waals surface area contributed by atoms with Gasteiger partial charge in [0.05, 0.1) is 12.1 Å². The SMILES string of the molecule is CCc1ccc(NC(=O)Cc2csc3nc(-c4ccc(C)cc4)cn23)cc1. The molecular formula is C22H21N3OS. The van der Waals surface area contributed by atoms with Gasteiger partial charge in [-0.25, -0.2) is 4.98 Å². The number of hydrogen-bond donors (Lipinski definition) is 1. The molecule has 2 aromatic carbocycles. The summed E-state index contributed by atoms with van der Waals surface area (Å²) in [6.45, 7) is 4.19. The topological polar surface area (TPSA) is 46.4 Å². The van der Waals surface area contributed by atoms with Crippen LogP contribution in [0.15, 0.2) is 60.1 Å². The van der Waals surface area contributed by atoms with Crippen molar-refractivity contribution in [3.8, 4) is 11.3 Å². The lowest BCUT2D eigenvalue weighted by molar-refractivity contribution is -0.115. The molecule has 0 radical (unpaired) electrons. The normalized spacial score (nSPS) is 11.0. The van der Waals surface area contributed by atoms with Crippen LogP contribution in [-0.2, 0) is 17.6 Å². The van der Waals surface area contributed by atoms with E-state index in [0.717, 1.165) is 34.0 Å². The number of aryl methyl sites for hydroxylation is 2. The Morgan fingerprint density at radius 3 is 2.56 bits per heavy atom. The molecular weight excluding hydrogens is 354 g/mol. The van der Waals surface area contributed by atoms with Crippen LogP contribution in [0, 0.1) is 6.92 Å². The first-order valence-corrected chi connectivity index (χ1v) is 9.91. The van der Waals surface area contributed by atoms with Crippen molar-refractivity contribution in [2.24, 2.45) is 0 Å². The summed E-state index contributed by atoms with van der Waals surface area (Å²) >= 11 is 1.56. The highest BCUT2D eigenvalue weighted by Crippen LogP contribution is 2.24. The monoisotopic (exact) mass is 375 g/mol. The molecule has 0 aliphatic carbocycles. The van der Waals surface area contributed by atoms with Crippen LogP contribution in [0.4, 0.5) is 5.69 Å². The number of aromatic nitrogens is 2. The van der Waals surface area contributed by atoms with Crippen molar-refractivity contribution in [1.29, 1.82) is 0 Å². The lowest BCUT2D eigenvalue weighted by atomic mass is 10.1. The minimum absolute atomic E-state index is 0.0236. The number of rotatable bonds is 5. The predicted octanol–water partition coefficient (Wildman–Crippen LogP) is 5.11. The smallest absolute Gasteiger partial charge is 0.230 e. The van der Waals surface area contributed by atoms with Gasteiger partial charge in [-0.15, -0.1) is 11.3 Å². The molecule has 2 aromatic heterocycles. The molecule has 1 amide bonds. The fourth-order valence-electron chi connectivity index (χ4n) is 3.01. The summed E-state index contributed by atoms with van der Waals surface area (Å²) in [7, 11) is 0. The van der Waals surface area contributed by atoms with Gasteiger partial charge in [0.2, 0.25) is 5.91 Å². The van der Waals surface area contributed by atoms with Crippen LogP contribution in [0.1, 0.15) is 23.7 Å². The van der Waals surface area contributed by atoms with E-state index in [9.17, 15) is 4.79 Å². The zero-order chi connectivity index (χ0) is 18.8. The molecule has 1 N–H and O–H groups in total. The first kappa shape index (κ1) is 17.5. The molecule has 0 aliphatic rings. The first-order valence-electron chi connectivity index (χ1n) is 9.03. The van der Waals surface area contributed by atoms with E-state index >= 15 is 0 Å². The fourth-order valence-corrected chi connectivity index (χ4v) is 3.89. The lowest BCUT2D eigenvalue weighted by Crippen LogP contribution is -2.15. The van der Waals surface area contributed by atoms with Gasteiger partial charge >= 0.3 is 0 Å². The van der Waals surface area contributed by atoms with Crippen LogP contribution in [0.3, 0.4) is 0 Å². The molecule has 0 unspecified atom stereocenters. The van der Waals surface area contributed by atoms with Gasteiger partial charge in [-0.2, -0.15) is 0 Å². The third-order valence-corrected chi connectivity index (χ3v) is 5.51. The molecule has 0 atom stereocenters. The van der Waals surface area contributed by atoms with E-state index in [0.29, 0.717) is 6.42 Å². The Morgan fingerprint density at radius 2 is 1.85 bits per heavy atom. The molecule has 0 saturated heterocycles. The number of benzene rings is 2. The van der Waals surface area contributed by atoms with E-state index in [1.165, 1.54) is 11.1 Å². The van der Waals surface area contributed by atoms with Gasteiger partial charge in [0.25, 0.3) is 0 Å². The number of amides is 1. The Labute approximate surface area is 162 Å². The molecule has 2 heterocycles. The molecule has 0 saturated carbocycles. The van der Waals surface area contributed by atoms with Crippen molar-refractivity contribution in [3.63, 3.8) is 0 Å². The summed E-state index contributed by atoms with van der Waals surface area (Å²) < 4.78 is 2.01. The highest BCUT2D eigenvalue weighted by Gasteiger charge is 2.13. The molecule has 0 fully saturated rings. The van der Waals surface area contributed by atoms with Crippen LogP contribution in [-0.4, -0.2) is 15.3 Å². The number of nitrogens with zero attached hydrogens (tertiary/aromatic N) is 2. The Bertz CT molecular complexity index is 1080. The molecule has 0 aliphatic heterocycles. The summed E-state index contributed by atoms with van der Waals surface area (Å²) in [6, 6.07) is 16.3. The van der Waals surface area contributed by atoms with Gasteiger partial charge in [-0.05, 0) is 31.0 Å². The van der Waals surface area contributed by atoms with E-state index in [1.807, 2.05) is 40.2 Å². The fraction of sp³-hybridized carbons (Fsp3) is 0.182. The quantitative estimate of drug-likeness (QED) is 0.526. The van der Waals surface area contributed by atoms with E-state index < -0.39 is 0 Å². The molecule has 4 rings (SSSR count). The van der Waals surface area contributed by atoms with Gasteiger partial charge in [-0.3, -0.25) is 9.20 Å². The van der Waals surface area contributed by atoms with E-state index in [1.54, 1.807) is 11.3 Å². The summed E-state index contributed by atoms with van der Waals surface area (Å²) in [6.07, 6.45) is 3.32. The number of hydrogen-bond acceptors (Lipinski definition) is 3. The largest absolute Gasteiger partial charge is 0.326 e. The van der Waals surface area contributed by atoms with Gasteiger partial charge in [0.15, 0.2) is 4.96 Å². The number of carbonyl (C=O) groups is 1. The first-order chi connectivity index (χ1) is 13.1. The average Bonchev–Trinajstić information content (AvgIpc) is 3.25. The third-order valence-electron chi connectivity index (χ3n) is 4.62. The second kappa shape index (κ2) is 7.37. The molecule has 0 spiro atoms. The Hall–Kier alpha value is -2.92. The molecule has 0 bridgehead atoms. The predicted molar refractivity (Wildman–Crippen MR) is 111 cm³/mol. The van der Waals surface area contributed by atoms with Crippen LogP contribution in [0.5, 0.6) is 0 Å². The highest BCUT2D eigenvalue weighted by atomic mass is 32.1. The standard InChI is InChI=1S/C22H21N3OS/c1-3-16-6-10-18(11-7-16)23-21(26)12-19-14-27-22-24-20(13-25(19)22)17-8-4-15(2)5-9-17/h4-11,13-14H,3,12H2,1-2H3,(H,23,26). The molecule has 4 aromatic rings.